The minimum absolute atomic E-state index is 0.165. The first-order valence-corrected chi connectivity index (χ1v) is 16.9. The average molecular weight is 434 g/mol. The molecule has 0 saturated heterocycles. The summed E-state index contributed by atoms with van der Waals surface area (Å²) >= 11 is 0. The zero-order valence-electron chi connectivity index (χ0n) is 18.9. The van der Waals surface area contributed by atoms with Gasteiger partial charge in [0.05, 0.1) is 0 Å². The predicted octanol–water partition coefficient (Wildman–Crippen LogP) is 4.17. The monoisotopic (exact) mass is 433 g/mol. The summed E-state index contributed by atoms with van der Waals surface area (Å²) in [4.78, 5) is 35.9. The number of nitrogens with zero attached hydrogens (tertiary/aromatic N) is 1. The van der Waals surface area contributed by atoms with E-state index in [1.807, 2.05) is 13.8 Å². The Morgan fingerprint density at radius 2 is 1.11 bits per heavy atom. The Kier molecular flexibility index (Phi) is 8.70. The Hall–Kier alpha value is -1.20. The van der Waals surface area contributed by atoms with Crippen LogP contribution in [0.1, 0.15) is 46.5 Å². The molecule has 3 N–H and O–H groups in total. The summed E-state index contributed by atoms with van der Waals surface area (Å²) in [6.07, 6.45) is 1.82. The quantitative estimate of drug-likeness (QED) is 0.312. The highest BCUT2D eigenvalue weighted by molar-refractivity contribution is 6.89. The van der Waals surface area contributed by atoms with Gasteiger partial charge in [-0.3, -0.25) is 14.4 Å². The Balaban J connectivity index is 6.72. The Morgan fingerprint density at radius 3 is 1.29 bits per heavy atom. The van der Waals surface area contributed by atoms with Gasteiger partial charge in [0, 0.05) is 5.54 Å². The van der Waals surface area contributed by atoms with E-state index < -0.39 is 51.3 Å². The lowest BCUT2D eigenvalue weighted by atomic mass is 9.67. The normalized spacial score (nSPS) is 14.8. The standard InChI is InChI=1S/C19H39NO6Si2/c1-10-14(19(15(21)22,16(23)24)17(25)26)13-18(11-2,12-3)20(27(4,5)6)28(7,8)9/h14H,10-13H2,1-9H3,(H,21,22)(H,23,24)(H,25,26). The van der Waals surface area contributed by atoms with Gasteiger partial charge in [0.25, 0.3) is 5.41 Å². The van der Waals surface area contributed by atoms with E-state index in [1.54, 1.807) is 6.92 Å². The molecule has 1 atom stereocenters. The summed E-state index contributed by atoms with van der Waals surface area (Å²) in [7, 11) is -3.73. The Labute approximate surface area is 171 Å². The topological polar surface area (TPSA) is 115 Å². The lowest BCUT2D eigenvalue weighted by molar-refractivity contribution is -0.181. The highest BCUT2D eigenvalue weighted by atomic mass is 28.4. The molecule has 0 amide bonds. The first-order chi connectivity index (χ1) is 12.5. The third-order valence-electron chi connectivity index (χ3n) is 5.88. The summed E-state index contributed by atoms with van der Waals surface area (Å²) in [5.74, 6) is -6.41. The van der Waals surface area contributed by atoms with Crippen molar-refractivity contribution >= 4 is 34.4 Å². The van der Waals surface area contributed by atoms with Crippen LogP contribution < -0.4 is 0 Å². The van der Waals surface area contributed by atoms with Crippen LogP contribution >= 0.6 is 0 Å². The summed E-state index contributed by atoms with van der Waals surface area (Å²) < 4.78 is 2.58. The number of aliphatic carboxylic acids is 3. The molecular weight excluding hydrogens is 394 g/mol. The first-order valence-electron chi connectivity index (χ1n) is 9.99. The van der Waals surface area contributed by atoms with Gasteiger partial charge in [-0.25, -0.2) is 0 Å². The van der Waals surface area contributed by atoms with Gasteiger partial charge in [0.1, 0.15) is 16.5 Å². The molecule has 1 unspecified atom stereocenters. The van der Waals surface area contributed by atoms with E-state index in [9.17, 15) is 29.7 Å². The number of hydrogen-bond donors (Lipinski definition) is 3. The molecule has 0 aliphatic rings. The molecule has 0 bridgehead atoms. The molecule has 7 nitrogen and oxygen atoms in total. The minimum atomic E-state index is -2.84. The van der Waals surface area contributed by atoms with Crippen molar-refractivity contribution in [1.29, 1.82) is 0 Å². The van der Waals surface area contributed by atoms with E-state index in [0.29, 0.717) is 12.8 Å². The highest BCUT2D eigenvalue weighted by Gasteiger charge is 2.61. The van der Waals surface area contributed by atoms with Gasteiger partial charge in [-0.2, -0.15) is 0 Å². The second kappa shape index (κ2) is 9.08. The van der Waals surface area contributed by atoms with Crippen molar-refractivity contribution in [2.24, 2.45) is 11.3 Å². The molecule has 0 rings (SSSR count). The predicted molar refractivity (Wildman–Crippen MR) is 116 cm³/mol. The molecule has 0 radical (unpaired) electrons. The van der Waals surface area contributed by atoms with Crippen LogP contribution in [0.5, 0.6) is 0 Å². The van der Waals surface area contributed by atoms with E-state index >= 15 is 0 Å². The van der Waals surface area contributed by atoms with Gasteiger partial charge < -0.3 is 19.6 Å². The maximum Gasteiger partial charge on any atom is 0.333 e. The van der Waals surface area contributed by atoms with Crippen LogP contribution in [0.3, 0.4) is 0 Å². The molecule has 0 aromatic carbocycles. The fourth-order valence-corrected chi connectivity index (χ4v) is 16.9. The zero-order valence-corrected chi connectivity index (χ0v) is 20.9. The summed E-state index contributed by atoms with van der Waals surface area (Å²) in [5, 5.41) is 29.1. The first kappa shape index (κ1) is 26.8. The number of carbonyl (C=O) groups is 3. The van der Waals surface area contributed by atoms with Crippen LogP contribution in [-0.2, 0) is 14.4 Å². The van der Waals surface area contributed by atoms with Crippen LogP contribution in [0.2, 0.25) is 39.3 Å². The smallest absolute Gasteiger partial charge is 0.333 e. The van der Waals surface area contributed by atoms with Crippen molar-refractivity contribution in [3.8, 4) is 0 Å². The Bertz CT molecular complexity index is 540. The molecule has 0 spiro atoms. The summed E-state index contributed by atoms with van der Waals surface area (Å²) in [6.45, 7) is 19.2. The van der Waals surface area contributed by atoms with Crippen LogP contribution in [-0.4, -0.2) is 59.5 Å². The highest BCUT2D eigenvalue weighted by Crippen LogP contribution is 2.45. The van der Waals surface area contributed by atoms with Gasteiger partial charge in [-0.1, -0.05) is 66.5 Å². The largest absolute Gasteiger partial charge is 0.480 e. The lowest BCUT2D eigenvalue weighted by Gasteiger charge is -2.57. The van der Waals surface area contributed by atoms with Crippen LogP contribution in [0.15, 0.2) is 0 Å². The average Bonchev–Trinajstić information content (AvgIpc) is 2.49. The fraction of sp³-hybridized carbons (Fsp3) is 0.842. The van der Waals surface area contributed by atoms with Gasteiger partial charge in [0.2, 0.25) is 0 Å². The van der Waals surface area contributed by atoms with Gasteiger partial charge >= 0.3 is 17.9 Å². The van der Waals surface area contributed by atoms with Crippen molar-refractivity contribution < 1.29 is 29.7 Å². The van der Waals surface area contributed by atoms with Crippen LogP contribution in [0.4, 0.5) is 0 Å². The van der Waals surface area contributed by atoms with E-state index in [2.05, 4.69) is 43.5 Å². The third kappa shape index (κ3) is 4.85. The van der Waals surface area contributed by atoms with E-state index in [-0.39, 0.29) is 12.8 Å². The number of carboxylic acid groups (broad SMARTS) is 3. The van der Waals surface area contributed by atoms with Crippen LogP contribution in [0.25, 0.3) is 0 Å². The van der Waals surface area contributed by atoms with Crippen molar-refractivity contribution in [2.45, 2.75) is 91.3 Å². The molecular formula is C19H39NO6Si2. The SMILES string of the molecule is CCC(CC(CC)(CC)N([Si](C)(C)C)[Si](C)(C)C)C(C(=O)O)(C(=O)O)C(=O)O. The molecule has 0 aliphatic carbocycles. The molecule has 0 saturated carbocycles. The van der Waals surface area contributed by atoms with E-state index in [0.717, 1.165) is 0 Å². The van der Waals surface area contributed by atoms with Gasteiger partial charge in [0.15, 0.2) is 0 Å². The second-order valence-electron chi connectivity index (χ2n) is 9.64. The summed E-state index contributed by atoms with van der Waals surface area (Å²) in [5.41, 5.74) is -3.27. The molecule has 0 heterocycles. The number of carboxylic acids is 3. The van der Waals surface area contributed by atoms with Gasteiger partial charge in [-0.05, 0) is 25.2 Å². The lowest BCUT2D eigenvalue weighted by Crippen LogP contribution is -2.70. The Morgan fingerprint density at radius 1 is 0.786 bits per heavy atom. The molecule has 0 aliphatic heterocycles. The maximum atomic E-state index is 12.0. The minimum Gasteiger partial charge on any atom is -0.480 e. The number of rotatable bonds is 12. The molecule has 9 heteroatoms. The summed E-state index contributed by atoms with van der Waals surface area (Å²) in [6, 6.07) is 0. The van der Waals surface area contributed by atoms with Crippen molar-refractivity contribution in [3.63, 3.8) is 0 Å². The fourth-order valence-electron chi connectivity index (χ4n) is 5.24. The van der Waals surface area contributed by atoms with Crippen molar-refractivity contribution in [1.82, 2.24) is 4.23 Å². The molecule has 0 aromatic rings. The van der Waals surface area contributed by atoms with Crippen LogP contribution in [0, 0.1) is 11.3 Å². The van der Waals surface area contributed by atoms with E-state index in [1.165, 1.54) is 0 Å². The van der Waals surface area contributed by atoms with E-state index in [4.69, 9.17) is 0 Å². The maximum absolute atomic E-state index is 12.0. The zero-order chi connectivity index (χ0) is 22.7. The molecule has 0 fully saturated rings. The molecule has 0 aromatic heterocycles. The molecule has 28 heavy (non-hydrogen) atoms. The number of hydrogen-bond acceptors (Lipinski definition) is 4. The molecule has 164 valence electrons. The van der Waals surface area contributed by atoms with Gasteiger partial charge in [-0.15, -0.1) is 0 Å². The van der Waals surface area contributed by atoms with Crippen molar-refractivity contribution in [2.75, 3.05) is 0 Å². The third-order valence-corrected chi connectivity index (χ3v) is 13.5. The van der Waals surface area contributed by atoms with Crippen molar-refractivity contribution in [3.05, 3.63) is 0 Å². The second-order valence-corrected chi connectivity index (χ2v) is 19.7.